The van der Waals surface area contributed by atoms with Crippen molar-refractivity contribution >= 4 is 16.8 Å². The summed E-state index contributed by atoms with van der Waals surface area (Å²) in [7, 11) is 0. The molecule has 2 aromatic carbocycles. The van der Waals surface area contributed by atoms with Crippen molar-refractivity contribution in [3.63, 3.8) is 0 Å². The maximum Gasteiger partial charge on any atom is 0.253 e. The number of likely N-dealkylation sites (tertiary alicyclic amines) is 1. The molecule has 1 aliphatic rings. The minimum absolute atomic E-state index is 0.00669. The molecule has 1 fully saturated rings. The number of aromatic amines is 1. The lowest BCUT2D eigenvalue weighted by Crippen LogP contribution is -2.41. The fourth-order valence-corrected chi connectivity index (χ4v) is 3.28. The number of fused-ring (bicyclic) bond motifs is 1. The average molecular weight is 356 g/mol. The van der Waals surface area contributed by atoms with E-state index in [0.29, 0.717) is 37.2 Å². The summed E-state index contributed by atoms with van der Waals surface area (Å²) in [5, 5.41) is 1.07. The largest absolute Gasteiger partial charge is 0.490 e. The van der Waals surface area contributed by atoms with E-state index in [1.54, 1.807) is 4.90 Å². The first-order valence-corrected chi connectivity index (χ1v) is 8.58. The van der Waals surface area contributed by atoms with Crippen molar-refractivity contribution in [2.24, 2.45) is 0 Å². The SMILES string of the molecule is O=C(c1ccc2cc[nH]c2c1)N1CCC(Oc2ccc(F)c(F)c2)CC1. The third-order valence-electron chi connectivity index (χ3n) is 4.72. The van der Waals surface area contributed by atoms with Crippen LogP contribution < -0.4 is 4.74 Å². The van der Waals surface area contributed by atoms with Crippen LogP contribution in [-0.4, -0.2) is 35.0 Å². The summed E-state index contributed by atoms with van der Waals surface area (Å²) in [6, 6.07) is 11.1. The molecule has 2 heterocycles. The van der Waals surface area contributed by atoms with E-state index in [-0.39, 0.29) is 12.0 Å². The van der Waals surface area contributed by atoms with Crippen molar-refractivity contribution in [3.8, 4) is 5.75 Å². The van der Waals surface area contributed by atoms with Gasteiger partial charge >= 0.3 is 0 Å². The van der Waals surface area contributed by atoms with Crippen LogP contribution >= 0.6 is 0 Å². The molecule has 3 aromatic rings. The molecule has 26 heavy (non-hydrogen) atoms. The van der Waals surface area contributed by atoms with Crippen LogP contribution in [0.5, 0.6) is 5.75 Å². The molecule has 1 saturated heterocycles. The van der Waals surface area contributed by atoms with Gasteiger partial charge in [0, 0.05) is 49.3 Å². The predicted molar refractivity (Wildman–Crippen MR) is 94.2 cm³/mol. The zero-order chi connectivity index (χ0) is 18.1. The van der Waals surface area contributed by atoms with Crippen molar-refractivity contribution in [2.75, 3.05) is 13.1 Å². The highest BCUT2D eigenvalue weighted by atomic mass is 19.2. The van der Waals surface area contributed by atoms with E-state index in [1.807, 2.05) is 30.5 Å². The molecule has 1 aromatic heterocycles. The fourth-order valence-electron chi connectivity index (χ4n) is 3.28. The normalized spacial score (nSPS) is 15.4. The number of amides is 1. The van der Waals surface area contributed by atoms with Crippen LogP contribution in [0, 0.1) is 11.6 Å². The number of hydrogen-bond acceptors (Lipinski definition) is 2. The Kier molecular flexibility index (Phi) is 4.32. The maximum atomic E-state index is 13.3. The van der Waals surface area contributed by atoms with Crippen LogP contribution in [0.25, 0.3) is 10.9 Å². The van der Waals surface area contributed by atoms with Gasteiger partial charge in [0.25, 0.3) is 5.91 Å². The molecule has 4 rings (SSSR count). The Labute approximate surface area is 149 Å². The standard InChI is InChI=1S/C20H18F2N2O2/c21-17-4-3-16(12-18(17)22)26-15-6-9-24(10-7-15)20(25)14-2-1-13-5-8-23-19(13)11-14/h1-5,8,11-12,15,23H,6-7,9-10H2. The Balaban J connectivity index is 1.38. The molecule has 0 spiro atoms. The van der Waals surface area contributed by atoms with E-state index in [2.05, 4.69) is 4.98 Å². The van der Waals surface area contributed by atoms with Gasteiger partial charge in [-0.05, 0) is 35.7 Å². The molecule has 0 unspecified atom stereocenters. The van der Waals surface area contributed by atoms with Crippen molar-refractivity contribution < 1.29 is 18.3 Å². The van der Waals surface area contributed by atoms with Crippen LogP contribution in [0.1, 0.15) is 23.2 Å². The summed E-state index contributed by atoms with van der Waals surface area (Å²) < 4.78 is 32.0. The van der Waals surface area contributed by atoms with Crippen molar-refractivity contribution in [1.29, 1.82) is 0 Å². The number of piperidine rings is 1. The summed E-state index contributed by atoms with van der Waals surface area (Å²) in [6.45, 7) is 1.13. The number of H-pyrrole nitrogens is 1. The maximum absolute atomic E-state index is 13.3. The molecule has 0 bridgehead atoms. The highest BCUT2D eigenvalue weighted by Crippen LogP contribution is 2.23. The Morgan fingerprint density at radius 2 is 1.85 bits per heavy atom. The second-order valence-electron chi connectivity index (χ2n) is 6.47. The van der Waals surface area contributed by atoms with Gasteiger partial charge in [-0.2, -0.15) is 0 Å². The van der Waals surface area contributed by atoms with E-state index in [0.717, 1.165) is 23.0 Å². The second kappa shape index (κ2) is 6.78. The molecule has 0 aliphatic carbocycles. The van der Waals surface area contributed by atoms with Crippen molar-refractivity contribution in [3.05, 3.63) is 65.9 Å². The third-order valence-corrected chi connectivity index (χ3v) is 4.72. The first-order valence-electron chi connectivity index (χ1n) is 8.58. The zero-order valence-corrected chi connectivity index (χ0v) is 14.0. The fraction of sp³-hybridized carbons (Fsp3) is 0.250. The van der Waals surface area contributed by atoms with E-state index < -0.39 is 11.6 Å². The van der Waals surface area contributed by atoms with Gasteiger partial charge in [-0.3, -0.25) is 4.79 Å². The molecule has 0 radical (unpaired) electrons. The molecular formula is C20H18F2N2O2. The number of nitrogens with one attached hydrogen (secondary N) is 1. The first-order chi connectivity index (χ1) is 12.6. The van der Waals surface area contributed by atoms with Crippen molar-refractivity contribution in [2.45, 2.75) is 18.9 Å². The molecule has 0 atom stereocenters. The lowest BCUT2D eigenvalue weighted by molar-refractivity contribution is 0.0595. The number of aromatic nitrogens is 1. The van der Waals surface area contributed by atoms with E-state index in [1.165, 1.54) is 6.07 Å². The van der Waals surface area contributed by atoms with Crippen LogP contribution in [-0.2, 0) is 0 Å². The van der Waals surface area contributed by atoms with E-state index in [4.69, 9.17) is 4.74 Å². The van der Waals surface area contributed by atoms with Gasteiger partial charge in [-0.15, -0.1) is 0 Å². The smallest absolute Gasteiger partial charge is 0.253 e. The summed E-state index contributed by atoms with van der Waals surface area (Å²) in [5.41, 5.74) is 1.59. The van der Waals surface area contributed by atoms with Crippen LogP contribution in [0.2, 0.25) is 0 Å². The molecule has 1 amide bonds. The number of carbonyl (C=O) groups is 1. The number of hydrogen-bond donors (Lipinski definition) is 1. The average Bonchev–Trinajstić information content (AvgIpc) is 3.12. The Hall–Kier alpha value is -2.89. The number of carbonyl (C=O) groups excluding carboxylic acids is 1. The molecular weight excluding hydrogens is 338 g/mol. The van der Waals surface area contributed by atoms with E-state index in [9.17, 15) is 13.6 Å². The lowest BCUT2D eigenvalue weighted by Gasteiger charge is -2.32. The topological polar surface area (TPSA) is 45.3 Å². The number of benzene rings is 2. The molecule has 0 saturated carbocycles. The van der Waals surface area contributed by atoms with Gasteiger partial charge in [-0.1, -0.05) is 6.07 Å². The third kappa shape index (κ3) is 3.27. The minimum Gasteiger partial charge on any atom is -0.490 e. The minimum atomic E-state index is -0.921. The lowest BCUT2D eigenvalue weighted by atomic mass is 10.1. The summed E-state index contributed by atoms with van der Waals surface area (Å²) in [6.07, 6.45) is 3.03. The van der Waals surface area contributed by atoms with Gasteiger partial charge < -0.3 is 14.6 Å². The highest BCUT2D eigenvalue weighted by molar-refractivity contribution is 5.98. The second-order valence-corrected chi connectivity index (χ2v) is 6.47. The monoisotopic (exact) mass is 356 g/mol. The number of rotatable bonds is 3. The Bertz CT molecular complexity index is 946. The van der Waals surface area contributed by atoms with Gasteiger partial charge in [0.05, 0.1) is 0 Å². The zero-order valence-electron chi connectivity index (χ0n) is 14.0. The van der Waals surface area contributed by atoms with E-state index >= 15 is 0 Å². The first kappa shape index (κ1) is 16.6. The summed E-state index contributed by atoms with van der Waals surface area (Å²) in [5.74, 6) is -1.51. The number of halogens is 2. The van der Waals surface area contributed by atoms with Crippen molar-refractivity contribution in [1.82, 2.24) is 9.88 Å². The molecule has 4 nitrogen and oxygen atoms in total. The van der Waals surface area contributed by atoms with Gasteiger partial charge in [0.1, 0.15) is 11.9 Å². The molecule has 1 aliphatic heterocycles. The predicted octanol–water partition coefficient (Wildman–Crippen LogP) is 4.13. The van der Waals surface area contributed by atoms with Crippen LogP contribution in [0.3, 0.4) is 0 Å². The summed E-state index contributed by atoms with van der Waals surface area (Å²) in [4.78, 5) is 17.6. The Morgan fingerprint density at radius 3 is 2.62 bits per heavy atom. The van der Waals surface area contributed by atoms with Crippen LogP contribution in [0.4, 0.5) is 8.78 Å². The van der Waals surface area contributed by atoms with Gasteiger partial charge in [0.2, 0.25) is 0 Å². The Morgan fingerprint density at radius 1 is 1.04 bits per heavy atom. The van der Waals surface area contributed by atoms with Crippen LogP contribution in [0.15, 0.2) is 48.7 Å². The highest BCUT2D eigenvalue weighted by Gasteiger charge is 2.25. The van der Waals surface area contributed by atoms with Gasteiger partial charge in [0.15, 0.2) is 11.6 Å². The number of ether oxygens (including phenoxy) is 1. The molecule has 134 valence electrons. The number of nitrogens with zero attached hydrogens (tertiary/aromatic N) is 1. The molecule has 6 heteroatoms. The van der Waals surface area contributed by atoms with Gasteiger partial charge in [-0.25, -0.2) is 8.78 Å². The quantitative estimate of drug-likeness (QED) is 0.767. The summed E-state index contributed by atoms with van der Waals surface area (Å²) >= 11 is 0. The molecule has 1 N–H and O–H groups in total.